The van der Waals surface area contributed by atoms with Gasteiger partial charge in [-0.2, -0.15) is 0 Å². The number of carboxylic acids is 1. The van der Waals surface area contributed by atoms with Gasteiger partial charge in [-0.25, -0.2) is 0 Å². The molecule has 0 radical (unpaired) electrons. The zero-order chi connectivity index (χ0) is 31.5. The molecule has 8 nitrogen and oxygen atoms in total. The summed E-state index contributed by atoms with van der Waals surface area (Å²) in [5, 5.41) is 12.9. The van der Waals surface area contributed by atoms with Gasteiger partial charge in [0.05, 0.1) is 20.1 Å². The number of hydrogen-bond donors (Lipinski definition) is 2. The highest BCUT2D eigenvalue weighted by molar-refractivity contribution is 6.30. The summed E-state index contributed by atoms with van der Waals surface area (Å²) < 4.78 is 11.1. The lowest BCUT2D eigenvalue weighted by molar-refractivity contribution is -0.137. The van der Waals surface area contributed by atoms with Crippen molar-refractivity contribution in [1.82, 2.24) is 10.2 Å². The molecule has 0 spiro atoms. The Kier molecular flexibility index (Phi) is 11.4. The lowest BCUT2D eigenvalue weighted by Crippen LogP contribution is -2.35. The molecule has 9 heteroatoms. The van der Waals surface area contributed by atoms with Crippen molar-refractivity contribution < 1.29 is 29.0 Å². The Morgan fingerprint density at radius 2 is 1.52 bits per heavy atom. The van der Waals surface area contributed by atoms with Crippen LogP contribution in [0.5, 0.6) is 11.5 Å². The van der Waals surface area contributed by atoms with Gasteiger partial charge in [0, 0.05) is 35.8 Å². The highest BCUT2D eigenvalue weighted by Crippen LogP contribution is 2.30. The molecule has 0 heterocycles. The summed E-state index contributed by atoms with van der Waals surface area (Å²) in [6, 6.07) is 27.0. The van der Waals surface area contributed by atoms with Crippen molar-refractivity contribution in [2.45, 2.75) is 26.3 Å². The quantitative estimate of drug-likeness (QED) is 0.168. The molecule has 228 valence electrons. The zero-order valence-corrected chi connectivity index (χ0v) is 25.5. The van der Waals surface area contributed by atoms with E-state index in [4.69, 9.17) is 21.1 Å². The van der Waals surface area contributed by atoms with Crippen molar-refractivity contribution in [3.8, 4) is 22.6 Å². The van der Waals surface area contributed by atoms with Crippen molar-refractivity contribution >= 4 is 29.4 Å². The van der Waals surface area contributed by atoms with E-state index in [0.29, 0.717) is 51.8 Å². The number of ether oxygens (including phenoxy) is 2. The second-order valence-electron chi connectivity index (χ2n) is 10.0. The molecule has 0 aromatic heterocycles. The van der Waals surface area contributed by atoms with Gasteiger partial charge in [0.25, 0.3) is 11.8 Å². The van der Waals surface area contributed by atoms with Crippen LogP contribution in [0.4, 0.5) is 0 Å². The minimum absolute atomic E-state index is 0.0265. The number of amides is 2. The number of rotatable bonds is 14. The van der Waals surface area contributed by atoms with Crippen LogP contribution >= 0.6 is 11.6 Å². The largest absolute Gasteiger partial charge is 0.493 e. The molecule has 0 aliphatic heterocycles. The van der Waals surface area contributed by atoms with Crippen LogP contribution in [-0.4, -0.2) is 54.6 Å². The van der Waals surface area contributed by atoms with Gasteiger partial charge in [-0.3, -0.25) is 14.4 Å². The maximum Gasteiger partial charge on any atom is 0.305 e. The molecule has 0 saturated heterocycles. The molecule has 0 fully saturated rings. The van der Waals surface area contributed by atoms with E-state index in [9.17, 15) is 19.5 Å². The molecular weight excluding hydrogens is 580 g/mol. The summed E-state index contributed by atoms with van der Waals surface area (Å²) in [5.41, 5.74) is 3.73. The number of carboxylic acid groups (broad SMARTS) is 1. The first-order chi connectivity index (χ1) is 21.3. The van der Waals surface area contributed by atoms with Gasteiger partial charge in [0.15, 0.2) is 11.5 Å². The van der Waals surface area contributed by atoms with Crippen molar-refractivity contribution in [3.05, 3.63) is 118 Å². The Labute approximate surface area is 262 Å². The van der Waals surface area contributed by atoms with Crippen LogP contribution in [0.1, 0.15) is 45.2 Å². The van der Waals surface area contributed by atoms with Gasteiger partial charge >= 0.3 is 5.97 Å². The third-order valence-corrected chi connectivity index (χ3v) is 7.28. The summed E-state index contributed by atoms with van der Waals surface area (Å²) in [6.07, 6.45) is 0.267. The van der Waals surface area contributed by atoms with E-state index >= 15 is 0 Å². The fourth-order valence-corrected chi connectivity index (χ4v) is 5.08. The number of nitrogens with zero attached hydrogens (tertiary/aromatic N) is 1. The van der Waals surface area contributed by atoms with Crippen LogP contribution in [0.15, 0.2) is 91.0 Å². The summed E-state index contributed by atoms with van der Waals surface area (Å²) >= 11 is 6.09. The van der Waals surface area contributed by atoms with E-state index in [1.54, 1.807) is 66.6 Å². The number of methoxy groups -OCH3 is 1. The van der Waals surface area contributed by atoms with E-state index in [2.05, 4.69) is 5.32 Å². The van der Waals surface area contributed by atoms with Gasteiger partial charge < -0.3 is 24.8 Å². The highest BCUT2D eigenvalue weighted by atomic mass is 35.5. The number of hydrogen-bond acceptors (Lipinski definition) is 5. The van der Waals surface area contributed by atoms with Crippen LogP contribution in [0.3, 0.4) is 0 Å². The molecule has 44 heavy (non-hydrogen) atoms. The van der Waals surface area contributed by atoms with E-state index in [1.165, 1.54) is 0 Å². The first kappa shape index (κ1) is 32.1. The third kappa shape index (κ3) is 8.39. The van der Waals surface area contributed by atoms with Crippen molar-refractivity contribution in [3.63, 3.8) is 0 Å². The van der Waals surface area contributed by atoms with Crippen LogP contribution < -0.4 is 14.8 Å². The molecular formula is C35H35ClN2O6. The van der Waals surface area contributed by atoms with Gasteiger partial charge in [-0.05, 0) is 72.0 Å². The molecule has 0 aliphatic rings. The van der Waals surface area contributed by atoms with Crippen molar-refractivity contribution in [2.75, 3.05) is 26.8 Å². The predicted octanol–water partition coefficient (Wildman–Crippen LogP) is 6.50. The molecule has 0 unspecified atom stereocenters. The summed E-state index contributed by atoms with van der Waals surface area (Å²) in [6.45, 7) is 2.95. The normalized spacial score (nSPS) is 10.6. The smallest absolute Gasteiger partial charge is 0.305 e. The molecule has 4 aromatic rings. The van der Waals surface area contributed by atoms with E-state index in [1.807, 2.05) is 43.3 Å². The van der Waals surface area contributed by atoms with Crippen molar-refractivity contribution in [1.29, 1.82) is 0 Å². The topological polar surface area (TPSA) is 105 Å². The van der Waals surface area contributed by atoms with Crippen LogP contribution in [0.2, 0.25) is 5.02 Å². The SMILES string of the molecule is CCOc1cc(CCN(CCC(=O)O)C(=O)c2ccccc2-c2ccccc2C(=O)NCc2cccc(Cl)c2)ccc1OC. The Morgan fingerprint density at radius 1 is 0.818 bits per heavy atom. The average Bonchev–Trinajstić information content (AvgIpc) is 3.03. The Balaban J connectivity index is 1.60. The van der Waals surface area contributed by atoms with Crippen LogP contribution in [-0.2, 0) is 17.8 Å². The highest BCUT2D eigenvalue weighted by Gasteiger charge is 2.23. The average molecular weight is 615 g/mol. The first-order valence-electron chi connectivity index (χ1n) is 14.3. The van der Waals surface area contributed by atoms with Gasteiger partial charge in [0.1, 0.15) is 0 Å². The summed E-state index contributed by atoms with van der Waals surface area (Å²) in [4.78, 5) is 40.4. The zero-order valence-electron chi connectivity index (χ0n) is 24.7. The molecule has 0 aliphatic carbocycles. The Bertz CT molecular complexity index is 1620. The fraction of sp³-hybridized carbons (Fsp3) is 0.229. The molecule has 4 rings (SSSR count). The maximum atomic E-state index is 14.0. The first-order valence-corrected chi connectivity index (χ1v) is 14.7. The fourth-order valence-electron chi connectivity index (χ4n) is 4.87. The monoisotopic (exact) mass is 614 g/mol. The number of halogens is 1. The molecule has 0 atom stereocenters. The Morgan fingerprint density at radius 3 is 2.20 bits per heavy atom. The molecule has 4 aromatic carbocycles. The maximum absolute atomic E-state index is 14.0. The minimum atomic E-state index is -0.999. The molecule has 0 saturated carbocycles. The van der Waals surface area contributed by atoms with Crippen LogP contribution in [0.25, 0.3) is 11.1 Å². The lowest BCUT2D eigenvalue weighted by atomic mass is 9.94. The van der Waals surface area contributed by atoms with Gasteiger partial charge in [0.2, 0.25) is 0 Å². The minimum Gasteiger partial charge on any atom is -0.493 e. The van der Waals surface area contributed by atoms with Gasteiger partial charge in [-0.1, -0.05) is 66.2 Å². The second-order valence-corrected chi connectivity index (χ2v) is 10.4. The van der Waals surface area contributed by atoms with Crippen LogP contribution in [0, 0.1) is 0 Å². The second kappa shape index (κ2) is 15.6. The number of nitrogens with one attached hydrogen (secondary N) is 1. The lowest BCUT2D eigenvalue weighted by Gasteiger charge is -2.24. The number of aliphatic carboxylic acids is 1. The number of carbonyl (C=O) groups is 3. The summed E-state index contributed by atoms with van der Waals surface area (Å²) in [7, 11) is 1.57. The number of carbonyl (C=O) groups excluding carboxylic acids is 2. The van der Waals surface area contributed by atoms with E-state index in [-0.39, 0.29) is 37.9 Å². The standard InChI is InChI=1S/C35H35ClN2O6/c1-3-44-32-22-24(15-16-31(32)43-2)17-19-38(20-18-33(39)40)35(42)30-14-7-5-12-28(30)27-11-4-6-13-29(27)34(41)37-23-25-9-8-10-26(36)21-25/h4-16,21-22H,3,17-20,23H2,1-2H3,(H,37,41)(H,39,40). The molecule has 2 amide bonds. The molecule has 2 N–H and O–H groups in total. The predicted molar refractivity (Wildman–Crippen MR) is 171 cm³/mol. The van der Waals surface area contributed by atoms with E-state index in [0.717, 1.165) is 11.1 Å². The third-order valence-electron chi connectivity index (χ3n) is 7.04. The summed E-state index contributed by atoms with van der Waals surface area (Å²) in [5.74, 6) is -0.407. The van der Waals surface area contributed by atoms with Crippen molar-refractivity contribution in [2.24, 2.45) is 0 Å². The molecule has 0 bridgehead atoms. The van der Waals surface area contributed by atoms with Gasteiger partial charge in [-0.15, -0.1) is 0 Å². The van der Waals surface area contributed by atoms with E-state index < -0.39 is 5.97 Å². The Hall–Kier alpha value is -4.82. The number of benzene rings is 4.